The number of amides is 1. The summed E-state index contributed by atoms with van der Waals surface area (Å²) < 4.78 is 37.7. The van der Waals surface area contributed by atoms with E-state index in [-0.39, 0.29) is 11.3 Å². The number of likely N-dealkylation sites (tertiary alicyclic amines) is 1. The molecule has 7 heteroatoms. The summed E-state index contributed by atoms with van der Waals surface area (Å²) in [6.45, 7) is 13.3. The minimum atomic E-state index is -3.70. The van der Waals surface area contributed by atoms with Gasteiger partial charge in [-0.15, -0.1) is 6.58 Å². The molecule has 0 N–H and O–H groups in total. The van der Waals surface area contributed by atoms with Gasteiger partial charge in [0.2, 0.25) is 0 Å². The molecular weight excluding hydrogens is 390 g/mol. The monoisotopic (exact) mass is 421 g/mol. The summed E-state index contributed by atoms with van der Waals surface area (Å²) >= 11 is 0. The number of hydrogen-bond acceptors (Lipinski definition) is 5. The fraction of sp³-hybridized carbons (Fsp3) is 0.500. The summed E-state index contributed by atoms with van der Waals surface area (Å²) in [4.78, 5) is 14.6. The molecule has 0 aliphatic carbocycles. The smallest absolute Gasteiger partial charge is 0.411 e. The second-order valence-electron chi connectivity index (χ2n) is 8.10. The lowest BCUT2D eigenvalue weighted by Crippen LogP contribution is -2.45. The summed E-state index contributed by atoms with van der Waals surface area (Å²) in [5, 5.41) is -0.836. The van der Waals surface area contributed by atoms with Crippen molar-refractivity contribution in [1.29, 1.82) is 0 Å². The molecule has 29 heavy (non-hydrogen) atoms. The highest BCUT2D eigenvalue weighted by Gasteiger charge is 2.49. The molecular formula is C22H31NO5S. The van der Waals surface area contributed by atoms with Gasteiger partial charge in [-0.3, -0.25) is 4.90 Å². The van der Waals surface area contributed by atoms with Gasteiger partial charge in [-0.05, 0) is 59.2 Å². The Morgan fingerprint density at radius 2 is 1.90 bits per heavy atom. The van der Waals surface area contributed by atoms with Crippen molar-refractivity contribution in [3.05, 3.63) is 54.8 Å². The molecule has 1 aromatic rings. The number of carbonyl (C=O) groups is 1. The van der Waals surface area contributed by atoms with Crippen LogP contribution in [0.25, 0.3) is 0 Å². The van der Waals surface area contributed by atoms with Crippen molar-refractivity contribution in [3.63, 3.8) is 0 Å². The summed E-state index contributed by atoms with van der Waals surface area (Å²) in [7, 11) is -3.70. The summed E-state index contributed by atoms with van der Waals surface area (Å²) in [5.74, 6) is 0. The molecule has 3 atom stereocenters. The third kappa shape index (κ3) is 5.41. The lowest BCUT2D eigenvalue weighted by Gasteiger charge is -2.31. The minimum absolute atomic E-state index is 0.233. The van der Waals surface area contributed by atoms with E-state index in [4.69, 9.17) is 9.47 Å². The van der Waals surface area contributed by atoms with Crippen molar-refractivity contribution in [2.45, 2.75) is 68.9 Å². The number of nitrogens with zero attached hydrogens (tertiary/aromatic N) is 1. The SMILES string of the molecule is C=C[C@H]1C[C@@H](S(=O)(=O)c2ccc(C)cc2)[C@@H](/C=C\OCC)N1C(=O)OC(C)(C)C. The lowest BCUT2D eigenvalue weighted by atomic mass is 10.2. The molecule has 0 bridgehead atoms. The van der Waals surface area contributed by atoms with Crippen molar-refractivity contribution < 1.29 is 22.7 Å². The van der Waals surface area contributed by atoms with Gasteiger partial charge in [-0.1, -0.05) is 23.8 Å². The standard InChI is InChI=1S/C22H31NO5S/c1-7-17-15-20(29(25,26)18-11-9-16(3)10-12-18)19(13-14-27-8-2)23(17)21(24)28-22(4,5)6/h7,9-14,17,19-20H,1,8,15H2,2-6H3/b14-13-/t17-,19+,20+/m0/s1. The quantitative estimate of drug-likeness (QED) is 0.507. The Bertz CT molecular complexity index is 852. The molecule has 0 radical (unpaired) electrons. The Morgan fingerprint density at radius 1 is 1.28 bits per heavy atom. The first-order valence-corrected chi connectivity index (χ1v) is 11.3. The molecule has 0 aromatic heterocycles. The van der Waals surface area contributed by atoms with Crippen LogP contribution in [0.15, 0.2) is 54.2 Å². The van der Waals surface area contributed by atoms with E-state index in [1.54, 1.807) is 57.2 Å². The third-order valence-corrected chi connectivity index (χ3v) is 6.89. The number of rotatable bonds is 6. The van der Waals surface area contributed by atoms with Gasteiger partial charge < -0.3 is 9.47 Å². The van der Waals surface area contributed by atoms with Crippen LogP contribution in [0.2, 0.25) is 0 Å². The number of sulfone groups is 1. The van der Waals surface area contributed by atoms with E-state index in [0.29, 0.717) is 6.61 Å². The zero-order valence-corrected chi connectivity index (χ0v) is 18.6. The highest BCUT2D eigenvalue weighted by atomic mass is 32.2. The topological polar surface area (TPSA) is 72.9 Å². The van der Waals surface area contributed by atoms with Crippen LogP contribution >= 0.6 is 0 Å². The molecule has 1 aromatic carbocycles. The van der Waals surface area contributed by atoms with Crippen LogP contribution in [0.4, 0.5) is 4.79 Å². The normalized spacial score (nSPS) is 22.7. The van der Waals surface area contributed by atoms with Crippen LogP contribution in [0, 0.1) is 6.92 Å². The van der Waals surface area contributed by atoms with Crippen LogP contribution in [-0.2, 0) is 19.3 Å². The second kappa shape index (κ2) is 9.03. The highest BCUT2D eigenvalue weighted by molar-refractivity contribution is 7.92. The van der Waals surface area contributed by atoms with Gasteiger partial charge in [0, 0.05) is 0 Å². The van der Waals surface area contributed by atoms with Gasteiger partial charge in [0.05, 0.1) is 35.1 Å². The molecule has 1 aliphatic heterocycles. The molecule has 2 rings (SSSR count). The Hall–Kier alpha value is -2.28. The molecule has 1 saturated heterocycles. The zero-order chi connectivity index (χ0) is 21.8. The Kier molecular flexibility index (Phi) is 7.16. The van der Waals surface area contributed by atoms with Gasteiger partial charge in [-0.2, -0.15) is 0 Å². The first kappa shape index (κ1) is 23.0. The maximum atomic E-state index is 13.4. The maximum absolute atomic E-state index is 13.4. The molecule has 0 saturated carbocycles. The second-order valence-corrected chi connectivity index (χ2v) is 10.3. The molecule has 6 nitrogen and oxygen atoms in total. The Morgan fingerprint density at radius 3 is 2.41 bits per heavy atom. The van der Waals surface area contributed by atoms with Crippen LogP contribution in [-0.4, -0.2) is 49.0 Å². The van der Waals surface area contributed by atoms with Crippen molar-refractivity contribution in [1.82, 2.24) is 4.90 Å². The van der Waals surface area contributed by atoms with Crippen LogP contribution in [0.3, 0.4) is 0 Å². The zero-order valence-electron chi connectivity index (χ0n) is 17.8. The number of ether oxygens (including phenoxy) is 2. The molecule has 1 heterocycles. The average Bonchev–Trinajstić information content (AvgIpc) is 3.00. The molecule has 1 aliphatic rings. The molecule has 1 amide bonds. The highest BCUT2D eigenvalue weighted by Crippen LogP contribution is 2.35. The van der Waals surface area contributed by atoms with E-state index in [1.165, 1.54) is 11.2 Å². The number of aryl methyl sites for hydroxylation is 1. The van der Waals surface area contributed by atoms with E-state index in [1.807, 2.05) is 13.8 Å². The fourth-order valence-corrected chi connectivity index (χ4v) is 5.24. The minimum Gasteiger partial charge on any atom is -0.502 e. The van der Waals surface area contributed by atoms with Crippen molar-refractivity contribution in [3.8, 4) is 0 Å². The van der Waals surface area contributed by atoms with E-state index in [9.17, 15) is 13.2 Å². The molecule has 0 spiro atoms. The van der Waals surface area contributed by atoms with E-state index in [0.717, 1.165) is 5.56 Å². The summed E-state index contributed by atoms with van der Waals surface area (Å²) in [6, 6.07) is 5.55. The van der Waals surface area contributed by atoms with Crippen LogP contribution < -0.4 is 0 Å². The van der Waals surface area contributed by atoms with Crippen molar-refractivity contribution in [2.75, 3.05) is 6.61 Å². The number of benzene rings is 1. The number of carbonyl (C=O) groups excluding carboxylic acids is 1. The molecule has 160 valence electrons. The number of hydrogen-bond donors (Lipinski definition) is 0. The molecule has 0 unspecified atom stereocenters. The lowest BCUT2D eigenvalue weighted by molar-refractivity contribution is 0.0212. The summed E-state index contributed by atoms with van der Waals surface area (Å²) in [5.41, 5.74) is 0.271. The van der Waals surface area contributed by atoms with Gasteiger partial charge >= 0.3 is 6.09 Å². The van der Waals surface area contributed by atoms with Gasteiger partial charge in [0.1, 0.15) is 5.60 Å². The Balaban J connectivity index is 2.48. The van der Waals surface area contributed by atoms with Gasteiger partial charge in [-0.25, -0.2) is 13.2 Å². The largest absolute Gasteiger partial charge is 0.502 e. The van der Waals surface area contributed by atoms with E-state index in [2.05, 4.69) is 6.58 Å². The maximum Gasteiger partial charge on any atom is 0.411 e. The van der Waals surface area contributed by atoms with E-state index >= 15 is 0 Å². The van der Waals surface area contributed by atoms with Gasteiger partial charge in [0.25, 0.3) is 0 Å². The predicted molar refractivity (Wildman–Crippen MR) is 113 cm³/mol. The Labute approximate surface area is 174 Å². The predicted octanol–water partition coefficient (Wildman–Crippen LogP) is 4.25. The molecule has 1 fully saturated rings. The summed E-state index contributed by atoms with van der Waals surface area (Å²) in [6.07, 6.45) is 4.32. The third-order valence-electron chi connectivity index (χ3n) is 4.70. The van der Waals surface area contributed by atoms with Crippen molar-refractivity contribution in [2.24, 2.45) is 0 Å². The van der Waals surface area contributed by atoms with Gasteiger partial charge in [0.15, 0.2) is 9.84 Å². The van der Waals surface area contributed by atoms with Crippen LogP contribution in [0.5, 0.6) is 0 Å². The fourth-order valence-electron chi connectivity index (χ4n) is 3.33. The first-order valence-electron chi connectivity index (χ1n) is 9.74. The average molecular weight is 422 g/mol. The van der Waals surface area contributed by atoms with E-state index < -0.39 is 38.9 Å². The first-order chi connectivity index (χ1) is 13.5. The van der Waals surface area contributed by atoms with Crippen LogP contribution in [0.1, 0.15) is 39.7 Å². The van der Waals surface area contributed by atoms with Crippen molar-refractivity contribution >= 4 is 15.9 Å².